The highest BCUT2D eigenvalue weighted by molar-refractivity contribution is 7.17. The molecule has 1 saturated heterocycles. The lowest BCUT2D eigenvalue weighted by atomic mass is 9.97. The predicted molar refractivity (Wildman–Crippen MR) is 73.4 cm³/mol. The van der Waals surface area contributed by atoms with Crippen LogP contribution in [-0.2, 0) is 0 Å². The molecular weight excluding hydrogens is 311 g/mol. The highest BCUT2D eigenvalue weighted by Crippen LogP contribution is 2.37. The van der Waals surface area contributed by atoms with Gasteiger partial charge in [0.25, 0.3) is 0 Å². The second-order valence-electron chi connectivity index (χ2n) is 4.78. The molecule has 0 aromatic carbocycles. The van der Waals surface area contributed by atoms with Gasteiger partial charge in [0.1, 0.15) is 0 Å². The Bertz CT molecular complexity index is 628. The van der Waals surface area contributed by atoms with Gasteiger partial charge in [0.15, 0.2) is 5.82 Å². The third-order valence-electron chi connectivity index (χ3n) is 3.44. The zero-order valence-corrected chi connectivity index (χ0v) is 11.9. The fourth-order valence-corrected chi connectivity index (χ4v) is 3.49. The van der Waals surface area contributed by atoms with Gasteiger partial charge in [-0.25, -0.2) is 4.98 Å². The van der Waals surface area contributed by atoms with Crippen molar-refractivity contribution in [3.63, 3.8) is 0 Å². The van der Waals surface area contributed by atoms with Crippen LogP contribution in [0.2, 0.25) is 5.28 Å². The number of hydrogen-bond donors (Lipinski definition) is 0. The van der Waals surface area contributed by atoms with Gasteiger partial charge in [-0.1, -0.05) is 0 Å². The summed E-state index contributed by atoms with van der Waals surface area (Å²) in [7, 11) is 0. The van der Waals surface area contributed by atoms with E-state index in [1.165, 1.54) is 11.3 Å². The number of piperidine rings is 1. The van der Waals surface area contributed by atoms with E-state index >= 15 is 0 Å². The van der Waals surface area contributed by atoms with Crippen LogP contribution in [0, 0.1) is 5.92 Å². The van der Waals surface area contributed by atoms with Crippen molar-refractivity contribution in [2.45, 2.75) is 19.0 Å². The molecule has 0 N–H and O–H groups in total. The summed E-state index contributed by atoms with van der Waals surface area (Å²) in [6.45, 7) is 0.497. The average Bonchev–Trinajstić information content (AvgIpc) is 2.85. The molecule has 1 unspecified atom stereocenters. The number of fused-ring (bicyclic) bond motifs is 1. The lowest BCUT2D eigenvalue weighted by Crippen LogP contribution is -2.42. The molecule has 0 amide bonds. The number of aromatic nitrogens is 2. The van der Waals surface area contributed by atoms with Crippen LogP contribution < -0.4 is 4.90 Å². The van der Waals surface area contributed by atoms with E-state index in [-0.39, 0.29) is 18.2 Å². The summed E-state index contributed by atoms with van der Waals surface area (Å²) in [5.74, 6) is -0.788. The molecule has 3 rings (SSSR count). The minimum atomic E-state index is -4.16. The Morgan fingerprint density at radius 2 is 2.15 bits per heavy atom. The number of alkyl halides is 3. The predicted octanol–water partition coefficient (Wildman–Crippen LogP) is 4.12. The van der Waals surface area contributed by atoms with E-state index in [1.807, 2.05) is 5.38 Å². The highest BCUT2D eigenvalue weighted by Gasteiger charge is 2.42. The third kappa shape index (κ3) is 2.56. The van der Waals surface area contributed by atoms with Gasteiger partial charge in [-0.15, -0.1) is 11.3 Å². The molecule has 20 heavy (non-hydrogen) atoms. The van der Waals surface area contributed by atoms with Crippen molar-refractivity contribution >= 4 is 39.0 Å². The first-order valence-electron chi connectivity index (χ1n) is 6.17. The molecule has 2 aromatic rings. The highest BCUT2D eigenvalue weighted by atomic mass is 35.5. The number of nitrogens with zero attached hydrogens (tertiary/aromatic N) is 3. The Kier molecular flexibility index (Phi) is 3.50. The molecule has 0 aliphatic carbocycles. The Hall–Kier alpha value is -1.08. The summed E-state index contributed by atoms with van der Waals surface area (Å²) in [6, 6.07) is 1.79. The van der Waals surface area contributed by atoms with Crippen molar-refractivity contribution in [3.8, 4) is 0 Å². The second-order valence-corrected chi connectivity index (χ2v) is 6.03. The second kappa shape index (κ2) is 5.04. The maximum atomic E-state index is 12.9. The Morgan fingerprint density at radius 1 is 1.35 bits per heavy atom. The molecule has 8 heteroatoms. The lowest BCUT2D eigenvalue weighted by Gasteiger charge is -2.34. The minimum Gasteiger partial charge on any atom is -0.355 e. The molecule has 0 bridgehead atoms. The van der Waals surface area contributed by atoms with E-state index in [0.717, 1.165) is 4.70 Å². The van der Waals surface area contributed by atoms with Crippen LogP contribution in [0.15, 0.2) is 11.4 Å². The fraction of sp³-hybridized carbons (Fsp3) is 0.500. The minimum absolute atomic E-state index is 0.0656. The number of rotatable bonds is 1. The van der Waals surface area contributed by atoms with Gasteiger partial charge in [0, 0.05) is 13.1 Å². The Balaban J connectivity index is 1.96. The molecular formula is C12H11ClF3N3S. The van der Waals surface area contributed by atoms with Crippen LogP contribution in [0.4, 0.5) is 19.0 Å². The van der Waals surface area contributed by atoms with Crippen LogP contribution in [0.1, 0.15) is 12.8 Å². The van der Waals surface area contributed by atoms with Crippen molar-refractivity contribution in [2.75, 3.05) is 18.0 Å². The van der Waals surface area contributed by atoms with Gasteiger partial charge in [0.05, 0.1) is 16.1 Å². The maximum absolute atomic E-state index is 12.9. The van der Waals surface area contributed by atoms with E-state index in [9.17, 15) is 13.2 Å². The number of thiophene rings is 1. The van der Waals surface area contributed by atoms with Gasteiger partial charge in [-0.3, -0.25) is 0 Å². The lowest BCUT2D eigenvalue weighted by molar-refractivity contribution is -0.176. The monoisotopic (exact) mass is 321 g/mol. The van der Waals surface area contributed by atoms with E-state index in [2.05, 4.69) is 9.97 Å². The summed E-state index contributed by atoms with van der Waals surface area (Å²) in [4.78, 5) is 9.89. The van der Waals surface area contributed by atoms with E-state index in [0.29, 0.717) is 24.3 Å². The quantitative estimate of drug-likeness (QED) is 0.740. The molecule has 1 fully saturated rings. The molecule has 108 valence electrons. The van der Waals surface area contributed by atoms with E-state index in [4.69, 9.17) is 11.6 Å². The van der Waals surface area contributed by atoms with Crippen molar-refractivity contribution in [1.29, 1.82) is 0 Å². The number of halogens is 4. The van der Waals surface area contributed by atoms with Gasteiger partial charge < -0.3 is 4.90 Å². The first-order chi connectivity index (χ1) is 9.45. The number of hydrogen-bond acceptors (Lipinski definition) is 4. The largest absolute Gasteiger partial charge is 0.393 e. The smallest absolute Gasteiger partial charge is 0.355 e. The van der Waals surface area contributed by atoms with Crippen molar-refractivity contribution in [1.82, 2.24) is 9.97 Å². The first kappa shape index (κ1) is 13.9. The molecule has 1 atom stereocenters. The van der Waals surface area contributed by atoms with Crippen molar-refractivity contribution in [3.05, 3.63) is 16.7 Å². The molecule has 0 spiro atoms. The summed E-state index contributed by atoms with van der Waals surface area (Å²) >= 11 is 7.28. The van der Waals surface area contributed by atoms with E-state index in [1.54, 1.807) is 11.0 Å². The molecule has 3 nitrogen and oxygen atoms in total. The molecule has 2 aromatic heterocycles. The van der Waals surface area contributed by atoms with Gasteiger partial charge in [0.2, 0.25) is 5.28 Å². The van der Waals surface area contributed by atoms with Crippen LogP contribution in [-0.4, -0.2) is 29.2 Å². The molecule has 3 heterocycles. The molecule has 0 radical (unpaired) electrons. The van der Waals surface area contributed by atoms with Crippen molar-refractivity contribution < 1.29 is 13.2 Å². The summed E-state index contributed by atoms with van der Waals surface area (Å²) in [5.41, 5.74) is 0.680. The normalized spacial score (nSPS) is 20.6. The standard InChI is InChI=1S/C12H11ClF3N3S/c13-11-17-8-3-5-20-9(8)10(18-11)19-4-1-2-7(6-19)12(14,15)16/h3,5,7H,1-2,4,6H2. The fourth-order valence-electron chi connectivity index (χ4n) is 2.47. The van der Waals surface area contributed by atoms with Crippen LogP contribution in [0.25, 0.3) is 10.2 Å². The molecule has 1 aliphatic heterocycles. The van der Waals surface area contributed by atoms with Crippen LogP contribution >= 0.6 is 22.9 Å². The van der Waals surface area contributed by atoms with E-state index < -0.39 is 12.1 Å². The maximum Gasteiger partial charge on any atom is 0.393 e. The topological polar surface area (TPSA) is 29.0 Å². The average molecular weight is 322 g/mol. The first-order valence-corrected chi connectivity index (χ1v) is 7.43. The Labute approximate surface area is 122 Å². The SMILES string of the molecule is FC(F)(F)C1CCCN(c2nc(Cl)nc3ccsc23)C1. The van der Waals surface area contributed by atoms with Crippen LogP contribution in [0.5, 0.6) is 0 Å². The molecule has 0 saturated carbocycles. The zero-order chi connectivity index (χ0) is 14.3. The van der Waals surface area contributed by atoms with Gasteiger partial charge in [-0.2, -0.15) is 18.2 Å². The number of anilines is 1. The molecule has 1 aliphatic rings. The van der Waals surface area contributed by atoms with Gasteiger partial charge >= 0.3 is 6.18 Å². The summed E-state index contributed by atoms with van der Waals surface area (Å²) in [5, 5.41) is 1.91. The van der Waals surface area contributed by atoms with Crippen LogP contribution in [0.3, 0.4) is 0 Å². The Morgan fingerprint density at radius 3 is 2.90 bits per heavy atom. The van der Waals surface area contributed by atoms with Crippen molar-refractivity contribution in [2.24, 2.45) is 5.92 Å². The third-order valence-corrected chi connectivity index (χ3v) is 4.51. The zero-order valence-electron chi connectivity index (χ0n) is 10.3. The summed E-state index contributed by atoms with van der Waals surface area (Å²) < 4.78 is 39.4. The summed E-state index contributed by atoms with van der Waals surface area (Å²) in [6.07, 6.45) is -3.49. The van der Waals surface area contributed by atoms with Gasteiger partial charge in [-0.05, 0) is 35.9 Å².